The van der Waals surface area contributed by atoms with Crippen LogP contribution in [0.5, 0.6) is 0 Å². The van der Waals surface area contributed by atoms with E-state index < -0.39 is 0 Å². The van der Waals surface area contributed by atoms with Crippen LogP contribution in [-0.4, -0.2) is 38.0 Å². The Morgan fingerprint density at radius 3 is 2.75 bits per heavy atom. The van der Waals surface area contributed by atoms with Crippen LogP contribution in [0.15, 0.2) is 49.2 Å². The van der Waals surface area contributed by atoms with E-state index in [1.807, 2.05) is 24.5 Å². The quantitative estimate of drug-likeness (QED) is 0.800. The second-order valence-electron chi connectivity index (χ2n) is 6.16. The highest BCUT2D eigenvalue weighted by Gasteiger charge is 2.21. The third-order valence-electron chi connectivity index (χ3n) is 4.51. The number of aromatic nitrogens is 5. The van der Waals surface area contributed by atoms with Crippen molar-refractivity contribution >= 4 is 5.82 Å². The predicted octanol–water partition coefficient (Wildman–Crippen LogP) is 2.72. The number of hydrogen-bond acceptors (Lipinski definition) is 5. The molecule has 0 saturated carbocycles. The van der Waals surface area contributed by atoms with E-state index in [1.54, 1.807) is 18.6 Å². The summed E-state index contributed by atoms with van der Waals surface area (Å²) in [5.74, 6) is 2.50. The van der Waals surface area contributed by atoms with Gasteiger partial charge in [0.25, 0.3) is 0 Å². The van der Waals surface area contributed by atoms with Crippen LogP contribution in [0.4, 0.5) is 5.82 Å². The van der Waals surface area contributed by atoms with E-state index in [-0.39, 0.29) is 0 Å². The minimum Gasteiger partial charge on any atom is -0.357 e. The SMILES string of the molecule is c1ccc(N2CCC(Cc3cncc(-c4ncc[nH]4)n3)CC2)nc1. The molecule has 3 aromatic rings. The van der Waals surface area contributed by atoms with Crippen molar-refractivity contribution in [3.8, 4) is 11.5 Å². The van der Waals surface area contributed by atoms with E-state index in [1.165, 1.54) is 0 Å². The molecule has 0 unspecified atom stereocenters. The van der Waals surface area contributed by atoms with Crippen LogP contribution in [0.1, 0.15) is 18.5 Å². The van der Waals surface area contributed by atoms with Crippen LogP contribution < -0.4 is 4.90 Å². The molecule has 4 heterocycles. The first-order valence-corrected chi connectivity index (χ1v) is 8.35. The van der Waals surface area contributed by atoms with Crippen molar-refractivity contribution in [3.05, 3.63) is 54.9 Å². The molecule has 1 aliphatic rings. The van der Waals surface area contributed by atoms with Gasteiger partial charge in [-0.2, -0.15) is 0 Å². The lowest BCUT2D eigenvalue weighted by molar-refractivity contribution is 0.399. The van der Waals surface area contributed by atoms with Gasteiger partial charge in [0, 0.05) is 37.9 Å². The number of nitrogens with zero attached hydrogens (tertiary/aromatic N) is 5. The average molecular weight is 320 g/mol. The zero-order valence-electron chi connectivity index (χ0n) is 13.5. The molecule has 0 spiro atoms. The summed E-state index contributed by atoms with van der Waals surface area (Å²) in [4.78, 5) is 23.2. The number of pyridine rings is 1. The molecule has 1 N–H and O–H groups in total. The van der Waals surface area contributed by atoms with Crippen molar-refractivity contribution in [3.63, 3.8) is 0 Å². The lowest BCUT2D eigenvalue weighted by Gasteiger charge is -2.32. The molecule has 6 nitrogen and oxygen atoms in total. The average Bonchev–Trinajstić information content (AvgIpc) is 3.18. The van der Waals surface area contributed by atoms with Crippen molar-refractivity contribution in [2.45, 2.75) is 19.3 Å². The number of aromatic amines is 1. The number of hydrogen-bond donors (Lipinski definition) is 1. The van der Waals surface area contributed by atoms with Gasteiger partial charge in [-0.05, 0) is 37.3 Å². The Hall–Kier alpha value is -2.76. The molecule has 24 heavy (non-hydrogen) atoms. The Labute approximate surface area is 141 Å². The standard InChI is InChI=1S/C18H20N6/c1-2-6-20-17(3-1)24-9-4-14(5-10-24)11-15-12-19-13-16(23-15)18-21-7-8-22-18/h1-3,6-8,12-14H,4-5,9-11H2,(H,21,22). The Kier molecular flexibility index (Phi) is 4.18. The summed E-state index contributed by atoms with van der Waals surface area (Å²) in [6, 6.07) is 6.09. The Morgan fingerprint density at radius 1 is 1.08 bits per heavy atom. The molecule has 1 aliphatic heterocycles. The third kappa shape index (κ3) is 3.27. The summed E-state index contributed by atoms with van der Waals surface area (Å²) in [6.45, 7) is 2.10. The monoisotopic (exact) mass is 320 g/mol. The molecule has 0 atom stereocenters. The highest BCUT2D eigenvalue weighted by molar-refractivity contribution is 5.46. The Balaban J connectivity index is 1.38. The van der Waals surface area contributed by atoms with Crippen molar-refractivity contribution in [2.24, 2.45) is 5.92 Å². The van der Waals surface area contributed by atoms with E-state index in [9.17, 15) is 0 Å². The number of anilines is 1. The number of H-pyrrole nitrogens is 1. The zero-order chi connectivity index (χ0) is 16.2. The molecule has 0 amide bonds. The summed E-state index contributed by atoms with van der Waals surface area (Å²) >= 11 is 0. The smallest absolute Gasteiger partial charge is 0.157 e. The molecule has 122 valence electrons. The highest BCUT2D eigenvalue weighted by Crippen LogP contribution is 2.24. The maximum absolute atomic E-state index is 4.70. The Bertz CT molecular complexity index is 763. The largest absolute Gasteiger partial charge is 0.357 e. The molecule has 0 aliphatic carbocycles. The molecular formula is C18H20N6. The molecule has 0 bridgehead atoms. The molecule has 1 fully saturated rings. The molecular weight excluding hydrogens is 300 g/mol. The fourth-order valence-electron chi connectivity index (χ4n) is 3.23. The maximum Gasteiger partial charge on any atom is 0.157 e. The highest BCUT2D eigenvalue weighted by atomic mass is 15.2. The zero-order valence-corrected chi connectivity index (χ0v) is 13.5. The minimum absolute atomic E-state index is 0.645. The summed E-state index contributed by atoms with van der Waals surface area (Å²) in [5.41, 5.74) is 1.85. The van der Waals surface area contributed by atoms with Gasteiger partial charge in [0.1, 0.15) is 11.5 Å². The van der Waals surface area contributed by atoms with Crippen molar-refractivity contribution in [2.75, 3.05) is 18.0 Å². The van der Waals surface area contributed by atoms with E-state index in [4.69, 9.17) is 4.98 Å². The number of imidazole rings is 1. The molecule has 4 rings (SSSR count). The van der Waals surface area contributed by atoms with Gasteiger partial charge in [-0.3, -0.25) is 4.98 Å². The number of piperidine rings is 1. The first-order valence-electron chi connectivity index (χ1n) is 8.35. The lowest BCUT2D eigenvalue weighted by Crippen LogP contribution is -2.34. The second kappa shape index (κ2) is 6.78. The molecule has 1 saturated heterocycles. The number of rotatable bonds is 4. The maximum atomic E-state index is 4.70. The van der Waals surface area contributed by atoms with E-state index in [0.29, 0.717) is 5.92 Å². The summed E-state index contributed by atoms with van der Waals surface area (Å²) in [7, 11) is 0. The minimum atomic E-state index is 0.645. The van der Waals surface area contributed by atoms with E-state index in [0.717, 1.165) is 55.4 Å². The predicted molar refractivity (Wildman–Crippen MR) is 92.5 cm³/mol. The van der Waals surface area contributed by atoms with Crippen LogP contribution in [0.25, 0.3) is 11.5 Å². The van der Waals surface area contributed by atoms with Gasteiger partial charge < -0.3 is 9.88 Å². The van der Waals surface area contributed by atoms with Crippen molar-refractivity contribution < 1.29 is 0 Å². The van der Waals surface area contributed by atoms with Gasteiger partial charge in [0.05, 0.1) is 11.9 Å². The van der Waals surface area contributed by atoms with Gasteiger partial charge >= 0.3 is 0 Å². The van der Waals surface area contributed by atoms with Gasteiger partial charge in [-0.15, -0.1) is 0 Å². The summed E-state index contributed by atoms with van der Waals surface area (Å²) in [5, 5.41) is 0. The fraction of sp³-hybridized carbons (Fsp3) is 0.333. The van der Waals surface area contributed by atoms with Crippen LogP contribution in [0, 0.1) is 5.92 Å². The Morgan fingerprint density at radius 2 is 2.00 bits per heavy atom. The van der Waals surface area contributed by atoms with Crippen LogP contribution in [0.3, 0.4) is 0 Å². The summed E-state index contributed by atoms with van der Waals surface area (Å²) in [6.07, 6.45) is 12.3. The van der Waals surface area contributed by atoms with Gasteiger partial charge in [0.15, 0.2) is 5.82 Å². The van der Waals surface area contributed by atoms with E-state index >= 15 is 0 Å². The second-order valence-corrected chi connectivity index (χ2v) is 6.16. The van der Waals surface area contributed by atoms with Crippen LogP contribution in [0.2, 0.25) is 0 Å². The molecule has 6 heteroatoms. The van der Waals surface area contributed by atoms with E-state index in [2.05, 4.69) is 30.9 Å². The number of nitrogens with one attached hydrogen (secondary N) is 1. The first kappa shape index (κ1) is 14.8. The van der Waals surface area contributed by atoms with Gasteiger partial charge in [-0.25, -0.2) is 15.0 Å². The lowest BCUT2D eigenvalue weighted by atomic mass is 9.92. The van der Waals surface area contributed by atoms with Gasteiger partial charge in [-0.1, -0.05) is 6.07 Å². The van der Waals surface area contributed by atoms with Gasteiger partial charge in [0.2, 0.25) is 0 Å². The fourth-order valence-corrected chi connectivity index (χ4v) is 3.23. The van der Waals surface area contributed by atoms with Crippen LogP contribution in [-0.2, 0) is 6.42 Å². The van der Waals surface area contributed by atoms with Crippen molar-refractivity contribution in [1.82, 2.24) is 24.9 Å². The third-order valence-corrected chi connectivity index (χ3v) is 4.51. The molecule has 0 aromatic carbocycles. The van der Waals surface area contributed by atoms with Crippen molar-refractivity contribution in [1.29, 1.82) is 0 Å². The first-order chi connectivity index (χ1) is 11.9. The normalized spacial score (nSPS) is 15.6. The molecule has 0 radical (unpaired) electrons. The van der Waals surface area contributed by atoms with Crippen LogP contribution >= 0.6 is 0 Å². The molecule has 3 aromatic heterocycles. The topological polar surface area (TPSA) is 70.6 Å². The summed E-state index contributed by atoms with van der Waals surface area (Å²) < 4.78 is 0.